The van der Waals surface area contributed by atoms with E-state index in [9.17, 15) is 4.79 Å². The van der Waals surface area contributed by atoms with E-state index in [0.29, 0.717) is 24.2 Å². The topological polar surface area (TPSA) is 70.7 Å². The summed E-state index contributed by atoms with van der Waals surface area (Å²) in [6.07, 6.45) is 3.54. The highest BCUT2D eigenvalue weighted by Crippen LogP contribution is 2.44. The Labute approximate surface area is 148 Å². The molecule has 0 saturated heterocycles. The van der Waals surface area contributed by atoms with Gasteiger partial charge in [-0.2, -0.15) is 15.4 Å². The average Bonchev–Trinajstić information content (AvgIpc) is 3.23. The third-order valence-electron chi connectivity index (χ3n) is 5.94. The van der Waals surface area contributed by atoms with Crippen molar-refractivity contribution in [2.24, 2.45) is 11.8 Å². The van der Waals surface area contributed by atoms with Gasteiger partial charge in [0.15, 0.2) is 0 Å². The molecule has 25 heavy (non-hydrogen) atoms. The van der Waals surface area contributed by atoms with Gasteiger partial charge >= 0.3 is 0 Å². The molecule has 2 aromatic rings. The van der Waals surface area contributed by atoms with E-state index in [-0.39, 0.29) is 11.8 Å². The fraction of sp³-hybridized carbons (Fsp3) is 0.550. The lowest BCUT2D eigenvalue weighted by atomic mass is 9.88. The van der Waals surface area contributed by atoms with E-state index in [1.807, 2.05) is 0 Å². The molecule has 1 unspecified atom stereocenters. The second-order valence-electron chi connectivity index (χ2n) is 7.81. The van der Waals surface area contributed by atoms with Crippen LogP contribution in [0.3, 0.4) is 0 Å². The highest BCUT2D eigenvalue weighted by molar-refractivity contribution is 5.79. The number of nitrogens with one attached hydrogen (secondary N) is 2. The van der Waals surface area contributed by atoms with Gasteiger partial charge in [0, 0.05) is 24.8 Å². The Morgan fingerprint density at radius 3 is 2.80 bits per heavy atom. The molecular weight excluding hydrogens is 312 g/mol. The molecule has 5 nitrogen and oxygen atoms in total. The number of H-pyrrole nitrogens is 1. The van der Waals surface area contributed by atoms with Gasteiger partial charge < -0.3 is 5.32 Å². The van der Waals surface area contributed by atoms with Crippen LogP contribution in [0.1, 0.15) is 61.0 Å². The van der Waals surface area contributed by atoms with Crippen LogP contribution in [0.5, 0.6) is 0 Å². The van der Waals surface area contributed by atoms with Crippen LogP contribution in [-0.2, 0) is 17.6 Å². The second-order valence-corrected chi connectivity index (χ2v) is 7.81. The number of carbonyl (C=O) groups excluding carboxylic acids is 1. The summed E-state index contributed by atoms with van der Waals surface area (Å²) in [6, 6.07) is 8.74. The molecule has 0 bridgehead atoms. The minimum atomic E-state index is 0.0233. The molecule has 0 spiro atoms. The zero-order valence-corrected chi connectivity index (χ0v) is 15.0. The number of hydrogen-bond acceptors (Lipinski definition) is 3. The molecule has 132 valence electrons. The van der Waals surface area contributed by atoms with Gasteiger partial charge in [-0.1, -0.05) is 38.1 Å². The van der Waals surface area contributed by atoms with E-state index < -0.39 is 0 Å². The number of fused-ring (bicyclic) bond motifs is 2. The van der Waals surface area contributed by atoms with Gasteiger partial charge in [-0.05, 0) is 42.2 Å². The number of hydrogen-bond donors (Lipinski definition) is 2. The number of aromatic amines is 1. The van der Waals surface area contributed by atoms with Crippen LogP contribution < -0.4 is 5.32 Å². The summed E-state index contributed by atoms with van der Waals surface area (Å²) >= 11 is 0. The Morgan fingerprint density at radius 2 is 2.00 bits per heavy atom. The molecule has 0 saturated carbocycles. The van der Waals surface area contributed by atoms with Crippen molar-refractivity contribution in [2.45, 2.75) is 51.4 Å². The van der Waals surface area contributed by atoms with E-state index >= 15 is 0 Å². The van der Waals surface area contributed by atoms with E-state index in [0.717, 1.165) is 37.2 Å². The van der Waals surface area contributed by atoms with Gasteiger partial charge in [0.05, 0.1) is 11.4 Å². The Hall–Kier alpha value is -2.17. The van der Waals surface area contributed by atoms with Crippen molar-refractivity contribution < 1.29 is 4.79 Å². The first-order chi connectivity index (χ1) is 12.1. The molecule has 2 N–H and O–H groups in total. The molecular formula is C20H26N4O. The third kappa shape index (κ3) is 3.08. The monoisotopic (exact) mass is 338 g/mol. The summed E-state index contributed by atoms with van der Waals surface area (Å²) < 4.78 is 0. The maximum Gasteiger partial charge on any atom is 0.223 e. The van der Waals surface area contributed by atoms with Gasteiger partial charge in [-0.15, -0.1) is 0 Å². The summed E-state index contributed by atoms with van der Waals surface area (Å²) in [7, 11) is 0. The Morgan fingerprint density at radius 1 is 1.24 bits per heavy atom. The number of amides is 1. The van der Waals surface area contributed by atoms with Gasteiger partial charge in [0.2, 0.25) is 5.91 Å². The third-order valence-corrected chi connectivity index (χ3v) is 5.94. The fourth-order valence-corrected chi connectivity index (χ4v) is 4.48. The van der Waals surface area contributed by atoms with Crippen LogP contribution in [0.2, 0.25) is 0 Å². The quantitative estimate of drug-likeness (QED) is 0.900. The highest BCUT2D eigenvalue weighted by atomic mass is 16.1. The summed E-state index contributed by atoms with van der Waals surface area (Å²) in [5, 5.41) is 14.2. The largest absolute Gasteiger partial charge is 0.355 e. The van der Waals surface area contributed by atoms with Crippen LogP contribution in [0.25, 0.3) is 0 Å². The highest BCUT2D eigenvalue weighted by Gasteiger charge is 2.33. The van der Waals surface area contributed by atoms with Crippen LogP contribution in [0.15, 0.2) is 24.3 Å². The molecule has 0 radical (unpaired) electrons. The van der Waals surface area contributed by atoms with Crippen molar-refractivity contribution in [1.29, 1.82) is 0 Å². The maximum absolute atomic E-state index is 12.6. The molecule has 1 aromatic heterocycles. The van der Waals surface area contributed by atoms with Crippen molar-refractivity contribution in [3.05, 3.63) is 46.8 Å². The lowest BCUT2D eigenvalue weighted by molar-refractivity contribution is -0.125. The summed E-state index contributed by atoms with van der Waals surface area (Å²) in [4.78, 5) is 12.6. The molecule has 4 rings (SSSR count). The number of aromatic nitrogens is 3. The molecule has 1 amide bonds. The first kappa shape index (κ1) is 16.3. The minimum absolute atomic E-state index is 0.0233. The van der Waals surface area contributed by atoms with Crippen molar-refractivity contribution in [1.82, 2.24) is 20.7 Å². The zero-order valence-electron chi connectivity index (χ0n) is 15.0. The maximum atomic E-state index is 12.6. The Bertz CT molecular complexity index is 767. The molecule has 2 aliphatic rings. The number of nitrogens with zero attached hydrogens (tertiary/aromatic N) is 2. The van der Waals surface area contributed by atoms with Crippen LogP contribution >= 0.6 is 0 Å². The van der Waals surface area contributed by atoms with Crippen molar-refractivity contribution in [3.63, 3.8) is 0 Å². The number of rotatable bonds is 4. The van der Waals surface area contributed by atoms with Gasteiger partial charge in [-0.3, -0.25) is 4.79 Å². The summed E-state index contributed by atoms with van der Waals surface area (Å²) in [6.45, 7) is 5.32. The predicted molar refractivity (Wildman–Crippen MR) is 96.3 cm³/mol. The summed E-state index contributed by atoms with van der Waals surface area (Å²) in [5.41, 5.74) is 4.87. The fourth-order valence-electron chi connectivity index (χ4n) is 4.48. The van der Waals surface area contributed by atoms with Gasteiger partial charge in [-0.25, -0.2) is 0 Å². The van der Waals surface area contributed by atoms with E-state index in [1.54, 1.807) is 0 Å². The number of aryl methyl sites for hydroxylation is 1. The second kappa shape index (κ2) is 6.62. The molecule has 5 heteroatoms. The van der Waals surface area contributed by atoms with Gasteiger partial charge in [0.1, 0.15) is 0 Å². The molecule has 2 aliphatic carbocycles. The molecule has 3 atom stereocenters. The smallest absolute Gasteiger partial charge is 0.223 e. The lowest BCUT2D eigenvalue weighted by Gasteiger charge is -2.21. The number of benzene rings is 1. The minimum Gasteiger partial charge on any atom is -0.355 e. The summed E-state index contributed by atoms with van der Waals surface area (Å²) in [5.74, 6) is 1.85. The van der Waals surface area contributed by atoms with Crippen molar-refractivity contribution >= 4 is 5.91 Å². The Balaban J connectivity index is 1.40. The Kier molecular flexibility index (Phi) is 4.32. The predicted octanol–water partition coefficient (Wildman–Crippen LogP) is 2.95. The zero-order chi connectivity index (χ0) is 17.4. The van der Waals surface area contributed by atoms with Crippen molar-refractivity contribution in [3.8, 4) is 0 Å². The van der Waals surface area contributed by atoms with Crippen LogP contribution in [0, 0.1) is 11.8 Å². The normalized spacial score (nSPS) is 24.8. The van der Waals surface area contributed by atoms with Crippen LogP contribution in [-0.4, -0.2) is 27.9 Å². The lowest BCUT2D eigenvalue weighted by Crippen LogP contribution is -2.36. The molecule has 0 fully saturated rings. The molecule has 0 aliphatic heterocycles. The number of carbonyl (C=O) groups is 1. The van der Waals surface area contributed by atoms with E-state index in [2.05, 4.69) is 58.8 Å². The SMILES string of the molecule is CC(C)[C@@H]1C[C@@H](CNC(=O)C2CCc3n[nH]nc3C2)c2ccccc21. The van der Waals surface area contributed by atoms with E-state index in [1.165, 1.54) is 11.1 Å². The van der Waals surface area contributed by atoms with Gasteiger partial charge in [0.25, 0.3) is 0 Å². The standard InChI is InChI=1S/C20H26N4O/c1-12(2)17-9-14(15-5-3-4-6-16(15)17)11-21-20(25)13-7-8-18-19(10-13)23-24-22-18/h3-6,12-14,17H,7-11H2,1-2H3,(H,21,25)(H,22,23,24)/t13?,14-,17-/m0/s1. The van der Waals surface area contributed by atoms with E-state index in [4.69, 9.17) is 0 Å². The average molecular weight is 338 g/mol. The first-order valence-electron chi connectivity index (χ1n) is 9.38. The molecule has 1 heterocycles. The first-order valence-corrected chi connectivity index (χ1v) is 9.38. The van der Waals surface area contributed by atoms with Crippen LogP contribution in [0.4, 0.5) is 0 Å². The molecule has 1 aromatic carbocycles. The van der Waals surface area contributed by atoms with Crippen molar-refractivity contribution in [2.75, 3.05) is 6.54 Å².